The van der Waals surface area contributed by atoms with E-state index in [1.165, 1.54) is 5.56 Å². The van der Waals surface area contributed by atoms with E-state index in [0.29, 0.717) is 23.1 Å². The first-order chi connectivity index (χ1) is 14.6. The number of methoxy groups -OCH3 is 2. The topological polar surface area (TPSA) is 50.8 Å². The summed E-state index contributed by atoms with van der Waals surface area (Å²) in [6.07, 6.45) is 1.99. The molecule has 2 heterocycles. The molecule has 1 N–H and O–H groups in total. The van der Waals surface area contributed by atoms with E-state index in [2.05, 4.69) is 36.5 Å². The summed E-state index contributed by atoms with van der Waals surface area (Å²) in [5, 5.41) is 5.38. The Kier molecular flexibility index (Phi) is 5.95. The zero-order valence-corrected chi connectivity index (χ0v) is 18.5. The van der Waals surface area contributed by atoms with Gasteiger partial charge in [0.25, 0.3) is 5.91 Å². The van der Waals surface area contributed by atoms with E-state index < -0.39 is 4.87 Å². The Labute approximate surface area is 182 Å². The van der Waals surface area contributed by atoms with Crippen LogP contribution in [0.4, 0.5) is 0 Å². The van der Waals surface area contributed by atoms with Crippen LogP contribution < -0.4 is 14.8 Å². The van der Waals surface area contributed by atoms with Gasteiger partial charge in [0, 0.05) is 24.1 Å². The van der Waals surface area contributed by atoms with Gasteiger partial charge in [0.1, 0.15) is 10.6 Å². The summed E-state index contributed by atoms with van der Waals surface area (Å²) >= 11 is 1.59. The molecule has 2 aromatic carbocycles. The molecule has 2 aliphatic heterocycles. The van der Waals surface area contributed by atoms with E-state index in [1.54, 1.807) is 26.0 Å². The van der Waals surface area contributed by atoms with Crippen molar-refractivity contribution in [2.24, 2.45) is 0 Å². The third-order valence-electron chi connectivity index (χ3n) is 5.99. The SMILES string of the molecule is COc1cccc(C2(C)NC(C(=O)N3CCC(c4ccccc4)CC3)=CS2)c1OC. The predicted octanol–water partition coefficient (Wildman–Crippen LogP) is 4.46. The lowest BCUT2D eigenvalue weighted by Crippen LogP contribution is -2.43. The number of thioether (sulfide) groups is 1. The highest BCUT2D eigenvalue weighted by Crippen LogP contribution is 2.47. The van der Waals surface area contributed by atoms with Gasteiger partial charge in [-0.1, -0.05) is 54.2 Å². The van der Waals surface area contributed by atoms with Crippen LogP contribution in [0.3, 0.4) is 0 Å². The molecule has 0 saturated carbocycles. The fraction of sp³-hybridized carbons (Fsp3) is 0.375. The lowest BCUT2D eigenvalue weighted by Gasteiger charge is -2.33. The molecule has 2 aromatic rings. The predicted molar refractivity (Wildman–Crippen MR) is 121 cm³/mol. The van der Waals surface area contributed by atoms with Crippen LogP contribution in [0, 0.1) is 0 Å². The summed E-state index contributed by atoms with van der Waals surface area (Å²) in [5.74, 6) is 1.97. The second-order valence-corrected chi connectivity index (χ2v) is 9.11. The number of nitrogens with zero attached hydrogens (tertiary/aromatic N) is 1. The maximum Gasteiger partial charge on any atom is 0.270 e. The quantitative estimate of drug-likeness (QED) is 0.768. The average molecular weight is 425 g/mol. The molecule has 4 rings (SSSR count). The molecule has 0 aromatic heterocycles. The molecular weight excluding hydrogens is 396 g/mol. The van der Waals surface area contributed by atoms with Crippen molar-refractivity contribution in [3.05, 3.63) is 70.8 Å². The largest absolute Gasteiger partial charge is 0.493 e. The summed E-state index contributed by atoms with van der Waals surface area (Å²) in [5.41, 5.74) is 2.97. The van der Waals surface area contributed by atoms with Gasteiger partial charge in [-0.05, 0) is 37.3 Å². The van der Waals surface area contributed by atoms with Crippen molar-refractivity contribution in [1.29, 1.82) is 0 Å². The Morgan fingerprint density at radius 1 is 1.07 bits per heavy atom. The fourth-order valence-electron chi connectivity index (χ4n) is 4.30. The maximum atomic E-state index is 13.2. The summed E-state index contributed by atoms with van der Waals surface area (Å²) in [6, 6.07) is 16.4. The van der Waals surface area contributed by atoms with Gasteiger partial charge in [-0.25, -0.2) is 0 Å². The number of carbonyl (C=O) groups excluding carboxylic acids is 1. The van der Waals surface area contributed by atoms with Gasteiger partial charge in [0.05, 0.1) is 14.2 Å². The molecule has 30 heavy (non-hydrogen) atoms. The van der Waals surface area contributed by atoms with E-state index >= 15 is 0 Å². The highest BCUT2D eigenvalue weighted by Gasteiger charge is 2.39. The minimum Gasteiger partial charge on any atom is -0.493 e. The number of ether oxygens (including phenoxy) is 2. The monoisotopic (exact) mass is 424 g/mol. The average Bonchev–Trinajstić information content (AvgIpc) is 3.21. The number of para-hydroxylation sites is 1. The molecule has 1 fully saturated rings. The highest BCUT2D eigenvalue weighted by molar-refractivity contribution is 8.03. The molecule has 0 radical (unpaired) electrons. The van der Waals surface area contributed by atoms with Crippen molar-refractivity contribution < 1.29 is 14.3 Å². The summed E-state index contributed by atoms with van der Waals surface area (Å²) < 4.78 is 11.1. The first-order valence-electron chi connectivity index (χ1n) is 10.3. The Bertz CT molecular complexity index is 939. The number of hydrogen-bond donors (Lipinski definition) is 1. The first kappa shape index (κ1) is 20.7. The number of carbonyl (C=O) groups is 1. The number of amides is 1. The molecule has 6 heteroatoms. The zero-order chi connectivity index (χ0) is 21.1. The third-order valence-corrected chi connectivity index (χ3v) is 7.13. The number of likely N-dealkylation sites (tertiary alicyclic amines) is 1. The van der Waals surface area contributed by atoms with Crippen molar-refractivity contribution in [1.82, 2.24) is 10.2 Å². The lowest BCUT2D eigenvalue weighted by molar-refractivity contribution is -0.128. The highest BCUT2D eigenvalue weighted by atomic mass is 32.2. The molecule has 1 atom stereocenters. The molecule has 2 aliphatic rings. The molecule has 158 valence electrons. The minimum atomic E-state index is -0.493. The maximum absolute atomic E-state index is 13.2. The molecule has 1 unspecified atom stereocenters. The van der Waals surface area contributed by atoms with Crippen LogP contribution in [-0.4, -0.2) is 38.1 Å². The molecule has 5 nitrogen and oxygen atoms in total. The molecule has 1 amide bonds. The summed E-state index contributed by atoms with van der Waals surface area (Å²) in [4.78, 5) is 14.6. The molecule has 1 saturated heterocycles. The van der Waals surface area contributed by atoms with Crippen LogP contribution in [0.5, 0.6) is 11.5 Å². The Balaban J connectivity index is 1.43. The lowest BCUT2D eigenvalue weighted by atomic mass is 9.89. The van der Waals surface area contributed by atoms with Crippen LogP contribution in [0.2, 0.25) is 0 Å². The van der Waals surface area contributed by atoms with Gasteiger partial charge >= 0.3 is 0 Å². The number of nitrogens with one attached hydrogen (secondary N) is 1. The normalized spacial score (nSPS) is 21.7. The van der Waals surface area contributed by atoms with E-state index in [-0.39, 0.29) is 5.91 Å². The van der Waals surface area contributed by atoms with Gasteiger partial charge < -0.3 is 19.7 Å². The van der Waals surface area contributed by atoms with Gasteiger partial charge in [0.15, 0.2) is 11.5 Å². The summed E-state index contributed by atoms with van der Waals surface area (Å²) in [7, 11) is 3.27. The van der Waals surface area contributed by atoms with Crippen molar-refractivity contribution in [2.45, 2.75) is 30.6 Å². The summed E-state index contributed by atoms with van der Waals surface area (Å²) in [6.45, 7) is 3.62. The van der Waals surface area contributed by atoms with E-state index in [4.69, 9.17) is 9.47 Å². The van der Waals surface area contributed by atoms with Crippen LogP contribution in [0.1, 0.15) is 36.8 Å². The second kappa shape index (κ2) is 8.64. The smallest absolute Gasteiger partial charge is 0.270 e. The van der Waals surface area contributed by atoms with Gasteiger partial charge in [-0.3, -0.25) is 4.79 Å². The van der Waals surface area contributed by atoms with Crippen molar-refractivity contribution in [3.63, 3.8) is 0 Å². The second-order valence-electron chi connectivity index (χ2n) is 7.83. The van der Waals surface area contributed by atoms with E-state index in [1.807, 2.05) is 34.6 Å². The molecular formula is C24H28N2O3S. The van der Waals surface area contributed by atoms with Crippen molar-refractivity contribution in [2.75, 3.05) is 27.3 Å². The Morgan fingerprint density at radius 2 is 1.80 bits per heavy atom. The van der Waals surface area contributed by atoms with E-state index in [0.717, 1.165) is 31.5 Å². The van der Waals surface area contributed by atoms with Gasteiger partial charge in [-0.2, -0.15) is 0 Å². The number of hydrogen-bond acceptors (Lipinski definition) is 5. The van der Waals surface area contributed by atoms with E-state index in [9.17, 15) is 4.79 Å². The Morgan fingerprint density at radius 3 is 2.47 bits per heavy atom. The molecule has 0 spiro atoms. The first-order valence-corrected chi connectivity index (χ1v) is 11.2. The van der Waals surface area contributed by atoms with Crippen LogP contribution in [-0.2, 0) is 9.67 Å². The number of benzene rings is 2. The van der Waals surface area contributed by atoms with Crippen LogP contribution in [0.15, 0.2) is 59.6 Å². The minimum absolute atomic E-state index is 0.0691. The fourth-order valence-corrected chi connectivity index (χ4v) is 5.27. The number of piperidine rings is 1. The Hall–Kier alpha value is -2.60. The molecule has 0 bridgehead atoms. The van der Waals surface area contributed by atoms with Crippen LogP contribution >= 0.6 is 11.8 Å². The van der Waals surface area contributed by atoms with Gasteiger partial charge in [0.2, 0.25) is 0 Å². The number of rotatable bonds is 5. The van der Waals surface area contributed by atoms with Crippen molar-refractivity contribution >= 4 is 17.7 Å². The zero-order valence-electron chi connectivity index (χ0n) is 17.7. The van der Waals surface area contributed by atoms with Crippen LogP contribution in [0.25, 0.3) is 0 Å². The van der Waals surface area contributed by atoms with Gasteiger partial charge in [-0.15, -0.1) is 0 Å². The third kappa shape index (κ3) is 3.88. The standard InChI is InChI=1S/C24H28N2O3S/c1-24(19-10-7-11-21(28-2)22(19)29-3)25-20(16-30-24)23(27)26-14-12-18(13-15-26)17-8-5-4-6-9-17/h4-11,16,18,25H,12-15H2,1-3H3. The van der Waals surface area contributed by atoms with Crippen molar-refractivity contribution in [3.8, 4) is 11.5 Å². The molecule has 0 aliphatic carbocycles.